The van der Waals surface area contributed by atoms with E-state index in [-0.39, 0.29) is 13.4 Å². The first-order valence-electron chi connectivity index (χ1n) is 25.3. The lowest BCUT2D eigenvalue weighted by Crippen LogP contribution is -2.62. The zero-order valence-corrected chi connectivity index (χ0v) is 38.7. The summed E-state index contributed by atoms with van der Waals surface area (Å²) >= 11 is 0. The van der Waals surface area contributed by atoms with Crippen molar-refractivity contribution in [3.63, 3.8) is 0 Å². The molecule has 19 rings (SSSR count). The lowest BCUT2D eigenvalue weighted by atomic mass is 9.32. The zero-order valence-electron chi connectivity index (χ0n) is 38.7. The van der Waals surface area contributed by atoms with Gasteiger partial charge in [-0.3, -0.25) is 0 Å². The van der Waals surface area contributed by atoms with Crippen LogP contribution in [0.15, 0.2) is 218 Å². The zero-order chi connectivity index (χ0) is 46.2. The molecule has 0 saturated heterocycles. The highest BCUT2D eigenvalue weighted by Crippen LogP contribution is 2.44. The summed E-state index contributed by atoms with van der Waals surface area (Å²) in [4.78, 5) is 0. The van der Waals surface area contributed by atoms with Crippen molar-refractivity contribution in [1.29, 1.82) is 0 Å². The van der Waals surface area contributed by atoms with Gasteiger partial charge in [-0.1, -0.05) is 158 Å². The molecular weight excluding hydrogens is 870 g/mol. The van der Waals surface area contributed by atoms with Crippen LogP contribution in [0.1, 0.15) is 0 Å². The van der Waals surface area contributed by atoms with Gasteiger partial charge in [-0.05, 0) is 116 Å². The Hall–Kier alpha value is -9.25. The standard InChI is InChI=1S/C66H36B2N4/c1-3-13-37(14-4-1)39-25-29-55-47(33-39)45-27-31-57-61-65(45)71(55)59-35-52-60(36-51(59)67(61)49-21-11-19-43-41-17-7-9-23-53(41)69(57)63(43)49)72-56-30-26-40(38-15-5-2-6-16-38)34-48(56)46-28-32-58-62(66(46)72)68(52)50-22-12-20-44-42-18-8-10-24-54(42)70(58)64(44)50/h1-36H. The largest absolute Gasteiger partial charge is 0.310 e. The Morgan fingerprint density at radius 2 is 0.611 bits per heavy atom. The molecule has 4 aliphatic rings. The number of aromatic nitrogens is 4. The van der Waals surface area contributed by atoms with Gasteiger partial charge in [-0.2, -0.15) is 0 Å². The van der Waals surface area contributed by atoms with Gasteiger partial charge < -0.3 is 18.3 Å². The predicted octanol–water partition coefficient (Wildman–Crippen LogP) is 11.7. The molecule has 72 heavy (non-hydrogen) atoms. The highest BCUT2D eigenvalue weighted by Gasteiger charge is 2.45. The molecule has 0 atom stereocenters. The Kier molecular flexibility index (Phi) is 6.40. The Morgan fingerprint density at radius 3 is 1.08 bits per heavy atom. The Bertz CT molecular complexity index is 4730. The molecule has 8 heterocycles. The van der Waals surface area contributed by atoms with E-state index in [0.29, 0.717) is 0 Å². The fourth-order valence-electron chi connectivity index (χ4n) is 14.8. The van der Waals surface area contributed by atoms with Gasteiger partial charge in [0.2, 0.25) is 0 Å². The van der Waals surface area contributed by atoms with Gasteiger partial charge in [0.25, 0.3) is 13.4 Å². The average molecular weight is 907 g/mol. The number of hydrogen-bond acceptors (Lipinski definition) is 0. The van der Waals surface area contributed by atoms with E-state index in [2.05, 4.69) is 237 Å². The molecule has 0 radical (unpaired) electrons. The van der Waals surface area contributed by atoms with Gasteiger partial charge in [0.1, 0.15) is 0 Å². The lowest BCUT2D eigenvalue weighted by Gasteiger charge is -2.37. The van der Waals surface area contributed by atoms with E-state index >= 15 is 0 Å². The Balaban J connectivity index is 0.996. The summed E-state index contributed by atoms with van der Waals surface area (Å²) in [6.07, 6.45) is 0. The van der Waals surface area contributed by atoms with Gasteiger partial charge >= 0.3 is 0 Å². The molecule has 326 valence electrons. The molecule has 15 aromatic rings. The third kappa shape index (κ3) is 4.14. The highest BCUT2D eigenvalue weighted by atomic mass is 15.1. The van der Waals surface area contributed by atoms with E-state index in [9.17, 15) is 0 Å². The van der Waals surface area contributed by atoms with Crippen LogP contribution in [0.2, 0.25) is 0 Å². The minimum Gasteiger partial charge on any atom is -0.310 e. The summed E-state index contributed by atoms with van der Waals surface area (Å²) in [6.45, 7) is 0.00365. The quantitative estimate of drug-likeness (QED) is 0.154. The summed E-state index contributed by atoms with van der Waals surface area (Å²) in [6, 6.07) is 83.3. The second-order valence-corrected chi connectivity index (χ2v) is 20.7. The maximum absolute atomic E-state index is 2.67. The van der Waals surface area contributed by atoms with Crippen LogP contribution in [0, 0.1) is 0 Å². The first-order valence-corrected chi connectivity index (χ1v) is 25.3. The minimum atomic E-state index is 0.00182. The molecule has 0 unspecified atom stereocenters. The monoisotopic (exact) mass is 906 g/mol. The van der Waals surface area contributed by atoms with E-state index in [1.165, 1.54) is 165 Å². The second-order valence-electron chi connectivity index (χ2n) is 20.7. The SMILES string of the molecule is c1ccc(-c2ccc3c(c2)c2ccc4c5c2n3-c2cc3c(cc2B5c2cccc5c6ccccc6n-4c25)-n2c4ccc(-c5ccccc5)cc4c4ccc5c(c42)B3c2cccc3c4ccccc4n-5c23)cc1. The minimum absolute atomic E-state index is 0.00182. The lowest BCUT2D eigenvalue weighted by molar-refractivity contribution is 1.14. The molecule has 0 spiro atoms. The molecular formula is C66H36B2N4. The Labute approximate surface area is 413 Å². The summed E-state index contributed by atoms with van der Waals surface area (Å²) in [5, 5.41) is 10.4. The number of para-hydroxylation sites is 4. The van der Waals surface area contributed by atoms with Crippen LogP contribution in [-0.4, -0.2) is 31.7 Å². The number of rotatable bonds is 2. The van der Waals surface area contributed by atoms with E-state index in [1.807, 2.05) is 0 Å². The van der Waals surface area contributed by atoms with Gasteiger partial charge in [-0.15, -0.1) is 0 Å². The van der Waals surface area contributed by atoms with Gasteiger partial charge in [0.05, 0.1) is 33.1 Å². The molecule has 0 fully saturated rings. The van der Waals surface area contributed by atoms with Gasteiger partial charge in [0, 0.05) is 76.9 Å². The van der Waals surface area contributed by atoms with E-state index in [1.54, 1.807) is 0 Å². The van der Waals surface area contributed by atoms with Crippen molar-refractivity contribution in [1.82, 2.24) is 18.3 Å². The fourth-order valence-corrected chi connectivity index (χ4v) is 14.8. The van der Waals surface area contributed by atoms with Crippen LogP contribution in [0.4, 0.5) is 0 Å². The predicted molar refractivity (Wildman–Crippen MR) is 304 cm³/mol. The van der Waals surface area contributed by atoms with Gasteiger partial charge in [-0.25, -0.2) is 0 Å². The molecule has 4 nitrogen and oxygen atoms in total. The van der Waals surface area contributed by atoms with Crippen molar-refractivity contribution >= 4 is 133 Å². The fraction of sp³-hybridized carbons (Fsp3) is 0. The number of fused-ring (bicyclic) bond motifs is 22. The number of benzene rings is 11. The molecule has 0 bridgehead atoms. The van der Waals surface area contributed by atoms with Crippen molar-refractivity contribution in [2.45, 2.75) is 0 Å². The maximum Gasteiger partial charge on any atom is 0.252 e. The van der Waals surface area contributed by atoms with E-state index in [4.69, 9.17) is 0 Å². The first-order chi connectivity index (χ1) is 35.8. The topological polar surface area (TPSA) is 19.7 Å². The summed E-state index contributed by atoms with van der Waals surface area (Å²) in [5.41, 5.74) is 28.5. The number of nitrogens with zero attached hydrogens (tertiary/aromatic N) is 4. The molecule has 6 heteroatoms. The third-order valence-corrected chi connectivity index (χ3v) is 17.5. The molecule has 0 N–H and O–H groups in total. The average Bonchev–Trinajstić information content (AvgIpc) is 4.18. The van der Waals surface area contributed by atoms with E-state index in [0.717, 1.165) is 0 Å². The van der Waals surface area contributed by atoms with Crippen LogP contribution in [0.3, 0.4) is 0 Å². The first kappa shape index (κ1) is 36.7. The summed E-state index contributed by atoms with van der Waals surface area (Å²) in [7, 11) is 0. The highest BCUT2D eigenvalue weighted by molar-refractivity contribution is 7.02. The third-order valence-electron chi connectivity index (χ3n) is 17.5. The summed E-state index contributed by atoms with van der Waals surface area (Å²) < 4.78 is 10.5. The van der Waals surface area contributed by atoms with Gasteiger partial charge in [0.15, 0.2) is 0 Å². The summed E-state index contributed by atoms with van der Waals surface area (Å²) in [5.74, 6) is 0. The number of hydrogen-bond donors (Lipinski definition) is 0. The molecule has 0 saturated carbocycles. The molecule has 4 aromatic heterocycles. The van der Waals surface area contributed by atoms with Crippen molar-refractivity contribution in [2.24, 2.45) is 0 Å². The molecule has 0 aliphatic carbocycles. The van der Waals surface area contributed by atoms with E-state index < -0.39 is 0 Å². The smallest absolute Gasteiger partial charge is 0.252 e. The van der Waals surface area contributed by atoms with Crippen molar-refractivity contribution < 1.29 is 0 Å². The van der Waals surface area contributed by atoms with Crippen molar-refractivity contribution in [3.8, 4) is 45.0 Å². The second kappa shape index (κ2) is 12.6. The van der Waals surface area contributed by atoms with Crippen LogP contribution >= 0.6 is 0 Å². The van der Waals surface area contributed by atoms with Crippen LogP contribution in [0.5, 0.6) is 0 Å². The molecule has 11 aromatic carbocycles. The van der Waals surface area contributed by atoms with Crippen molar-refractivity contribution in [3.05, 3.63) is 218 Å². The maximum atomic E-state index is 2.67. The molecule has 0 amide bonds. The van der Waals surface area contributed by atoms with Crippen molar-refractivity contribution in [2.75, 3.05) is 0 Å². The van der Waals surface area contributed by atoms with Crippen LogP contribution < -0.4 is 32.8 Å². The molecule has 4 aliphatic heterocycles. The normalized spacial score (nSPS) is 13.5. The van der Waals surface area contributed by atoms with Crippen LogP contribution in [0.25, 0.3) is 132 Å². The Morgan fingerprint density at radius 1 is 0.222 bits per heavy atom. The van der Waals surface area contributed by atoms with Crippen LogP contribution in [-0.2, 0) is 0 Å².